The van der Waals surface area contributed by atoms with E-state index in [1.54, 1.807) is 25.4 Å². The number of anilines is 1. The van der Waals surface area contributed by atoms with Crippen LogP contribution in [0.2, 0.25) is 0 Å². The van der Waals surface area contributed by atoms with Gasteiger partial charge in [-0.1, -0.05) is 0 Å². The van der Waals surface area contributed by atoms with Crippen molar-refractivity contribution in [3.05, 3.63) is 23.9 Å². The number of pyridine rings is 1. The minimum Gasteiger partial charge on any atom is -0.373 e. The maximum Gasteiger partial charge on any atom is 0.253 e. The molecule has 0 radical (unpaired) electrons. The number of rotatable bonds is 4. The minimum absolute atomic E-state index is 0.0328. The van der Waals surface area contributed by atoms with E-state index in [1.165, 1.54) is 12.8 Å². The number of hydrogen-bond donors (Lipinski definition) is 2. The summed E-state index contributed by atoms with van der Waals surface area (Å²) in [7, 11) is 1.80. The number of nitrogens with zero attached hydrogens (tertiary/aromatic N) is 1. The molecular weight excluding hydrogens is 202 g/mol. The Labute approximate surface area is 95.5 Å². The van der Waals surface area contributed by atoms with Gasteiger partial charge in [-0.15, -0.1) is 0 Å². The van der Waals surface area contributed by atoms with Gasteiger partial charge in [0.2, 0.25) is 0 Å². The third kappa shape index (κ3) is 2.51. The van der Waals surface area contributed by atoms with Crippen molar-refractivity contribution in [1.82, 2.24) is 10.3 Å². The Morgan fingerprint density at radius 2 is 2.25 bits per heavy atom. The van der Waals surface area contributed by atoms with Gasteiger partial charge in [-0.3, -0.25) is 4.79 Å². The summed E-state index contributed by atoms with van der Waals surface area (Å²) < 4.78 is 0. The van der Waals surface area contributed by atoms with Crippen molar-refractivity contribution in [1.29, 1.82) is 0 Å². The monoisotopic (exact) mass is 219 g/mol. The third-order valence-electron chi connectivity index (χ3n) is 2.97. The highest BCUT2D eigenvalue weighted by Crippen LogP contribution is 2.32. The first-order valence-electron chi connectivity index (χ1n) is 5.65. The van der Waals surface area contributed by atoms with Crippen molar-refractivity contribution in [2.24, 2.45) is 5.92 Å². The smallest absolute Gasteiger partial charge is 0.253 e. The van der Waals surface area contributed by atoms with Crippen LogP contribution in [0.15, 0.2) is 18.3 Å². The molecule has 0 bridgehead atoms. The van der Waals surface area contributed by atoms with E-state index in [2.05, 4.69) is 22.5 Å². The van der Waals surface area contributed by atoms with Gasteiger partial charge in [0, 0.05) is 19.3 Å². The van der Waals surface area contributed by atoms with Gasteiger partial charge in [-0.2, -0.15) is 0 Å². The summed E-state index contributed by atoms with van der Waals surface area (Å²) in [5.74, 6) is 1.41. The van der Waals surface area contributed by atoms with Gasteiger partial charge < -0.3 is 10.6 Å². The number of carbonyl (C=O) groups excluding carboxylic acids is 1. The summed E-state index contributed by atoms with van der Waals surface area (Å²) in [5, 5.41) is 5.92. The van der Waals surface area contributed by atoms with Crippen molar-refractivity contribution in [3.63, 3.8) is 0 Å². The van der Waals surface area contributed by atoms with Gasteiger partial charge >= 0.3 is 0 Å². The molecule has 1 heterocycles. The lowest BCUT2D eigenvalue weighted by Crippen LogP contribution is -2.34. The number of carbonyl (C=O) groups is 1. The predicted octanol–water partition coefficient (Wildman–Crippen LogP) is 1.65. The first kappa shape index (κ1) is 10.9. The van der Waals surface area contributed by atoms with Gasteiger partial charge in [0.05, 0.1) is 5.56 Å². The lowest BCUT2D eigenvalue weighted by molar-refractivity contribution is 0.0935. The van der Waals surface area contributed by atoms with E-state index >= 15 is 0 Å². The van der Waals surface area contributed by atoms with Crippen molar-refractivity contribution < 1.29 is 4.79 Å². The summed E-state index contributed by atoms with van der Waals surface area (Å²) in [4.78, 5) is 15.9. The van der Waals surface area contributed by atoms with Crippen molar-refractivity contribution in [2.45, 2.75) is 25.8 Å². The van der Waals surface area contributed by atoms with Crippen LogP contribution < -0.4 is 10.6 Å². The fraction of sp³-hybridized carbons (Fsp3) is 0.500. The lowest BCUT2D eigenvalue weighted by Gasteiger charge is -2.12. The zero-order chi connectivity index (χ0) is 11.5. The van der Waals surface area contributed by atoms with Crippen LogP contribution in [-0.2, 0) is 0 Å². The molecule has 1 atom stereocenters. The van der Waals surface area contributed by atoms with Crippen LogP contribution in [0.25, 0.3) is 0 Å². The maximum absolute atomic E-state index is 11.8. The average Bonchev–Trinajstić information content (AvgIpc) is 3.13. The topological polar surface area (TPSA) is 54.0 Å². The Hall–Kier alpha value is -1.58. The lowest BCUT2D eigenvalue weighted by atomic mass is 10.2. The van der Waals surface area contributed by atoms with Crippen LogP contribution in [0.3, 0.4) is 0 Å². The van der Waals surface area contributed by atoms with Gasteiger partial charge in [-0.05, 0) is 37.8 Å². The molecule has 4 heteroatoms. The quantitative estimate of drug-likeness (QED) is 0.809. The zero-order valence-electron chi connectivity index (χ0n) is 9.66. The number of amides is 1. The standard InChI is InChI=1S/C12H17N3O/c1-8(9-3-4-9)15-12(16)10-5-6-11(13-2)14-7-10/h5-9H,3-4H2,1-2H3,(H,13,14)(H,15,16). The van der Waals surface area contributed by atoms with E-state index in [0.29, 0.717) is 11.5 Å². The first-order chi connectivity index (χ1) is 7.70. The fourth-order valence-electron chi connectivity index (χ4n) is 1.68. The molecule has 1 fully saturated rings. The molecule has 1 saturated carbocycles. The molecule has 1 aromatic rings. The molecule has 1 aromatic heterocycles. The maximum atomic E-state index is 11.8. The van der Waals surface area contributed by atoms with Gasteiger partial charge in [0.15, 0.2) is 0 Å². The van der Waals surface area contributed by atoms with Gasteiger partial charge in [-0.25, -0.2) is 4.98 Å². The van der Waals surface area contributed by atoms with Crippen LogP contribution in [0.4, 0.5) is 5.82 Å². The summed E-state index contributed by atoms with van der Waals surface area (Å²) >= 11 is 0. The van der Waals surface area contributed by atoms with Crippen molar-refractivity contribution in [3.8, 4) is 0 Å². The minimum atomic E-state index is -0.0328. The van der Waals surface area contributed by atoms with E-state index in [9.17, 15) is 4.79 Å². The Morgan fingerprint density at radius 3 is 2.75 bits per heavy atom. The summed E-state index contributed by atoms with van der Waals surface area (Å²) in [5.41, 5.74) is 0.617. The van der Waals surface area contributed by atoms with Crippen LogP contribution in [-0.4, -0.2) is 24.0 Å². The molecule has 1 unspecified atom stereocenters. The molecule has 0 saturated heterocycles. The SMILES string of the molecule is CNc1ccc(C(=O)NC(C)C2CC2)cn1. The van der Waals surface area contributed by atoms with Gasteiger partial charge in [0.25, 0.3) is 5.91 Å². The van der Waals surface area contributed by atoms with E-state index in [1.807, 2.05) is 0 Å². The number of aromatic nitrogens is 1. The molecule has 4 nitrogen and oxygen atoms in total. The second-order valence-electron chi connectivity index (χ2n) is 4.28. The summed E-state index contributed by atoms with van der Waals surface area (Å²) in [6.45, 7) is 2.06. The molecule has 86 valence electrons. The molecule has 16 heavy (non-hydrogen) atoms. The van der Waals surface area contributed by atoms with Gasteiger partial charge in [0.1, 0.15) is 5.82 Å². The molecular formula is C12H17N3O. The predicted molar refractivity (Wildman–Crippen MR) is 63.4 cm³/mol. The molecule has 2 rings (SSSR count). The Kier molecular flexibility index (Phi) is 3.08. The molecule has 2 N–H and O–H groups in total. The Morgan fingerprint density at radius 1 is 1.50 bits per heavy atom. The van der Waals surface area contributed by atoms with E-state index < -0.39 is 0 Å². The molecule has 0 spiro atoms. The highest BCUT2D eigenvalue weighted by Gasteiger charge is 2.29. The van der Waals surface area contributed by atoms with Crippen LogP contribution in [0.1, 0.15) is 30.1 Å². The second kappa shape index (κ2) is 4.51. The largest absolute Gasteiger partial charge is 0.373 e. The van der Waals surface area contributed by atoms with Crippen molar-refractivity contribution >= 4 is 11.7 Å². The average molecular weight is 219 g/mol. The van der Waals surface area contributed by atoms with Crippen LogP contribution >= 0.6 is 0 Å². The Balaban J connectivity index is 1.96. The molecule has 1 amide bonds. The normalized spacial score (nSPS) is 16.6. The van der Waals surface area contributed by atoms with E-state index in [-0.39, 0.29) is 11.9 Å². The zero-order valence-corrected chi connectivity index (χ0v) is 9.66. The molecule has 0 aromatic carbocycles. The molecule has 1 aliphatic rings. The number of nitrogens with one attached hydrogen (secondary N) is 2. The Bertz CT molecular complexity index is 370. The van der Waals surface area contributed by atoms with E-state index in [4.69, 9.17) is 0 Å². The van der Waals surface area contributed by atoms with Crippen molar-refractivity contribution in [2.75, 3.05) is 12.4 Å². The second-order valence-corrected chi connectivity index (χ2v) is 4.28. The molecule has 1 aliphatic carbocycles. The first-order valence-corrected chi connectivity index (χ1v) is 5.65. The third-order valence-corrected chi connectivity index (χ3v) is 2.97. The van der Waals surface area contributed by atoms with Crippen LogP contribution in [0.5, 0.6) is 0 Å². The summed E-state index contributed by atoms with van der Waals surface area (Å²) in [6.07, 6.45) is 4.07. The highest BCUT2D eigenvalue weighted by molar-refractivity contribution is 5.94. The van der Waals surface area contributed by atoms with E-state index in [0.717, 1.165) is 5.82 Å². The highest BCUT2D eigenvalue weighted by atomic mass is 16.1. The summed E-state index contributed by atoms with van der Waals surface area (Å²) in [6, 6.07) is 3.86. The van der Waals surface area contributed by atoms with Crippen LogP contribution in [0, 0.1) is 5.92 Å². The fourth-order valence-corrected chi connectivity index (χ4v) is 1.68. The number of hydrogen-bond acceptors (Lipinski definition) is 3. The molecule has 0 aliphatic heterocycles.